The number of aromatic nitrogens is 2. The highest BCUT2D eigenvalue weighted by molar-refractivity contribution is 7.99. The average molecular weight is 284 g/mol. The van der Waals surface area contributed by atoms with Gasteiger partial charge in [0.15, 0.2) is 0 Å². The zero-order valence-corrected chi connectivity index (χ0v) is 12.2. The summed E-state index contributed by atoms with van der Waals surface area (Å²) in [6.45, 7) is 1.12. The molecular weight excluding hydrogens is 264 g/mol. The minimum Gasteiger partial charge on any atom is -0.396 e. The highest BCUT2D eigenvalue weighted by atomic mass is 32.2. The van der Waals surface area contributed by atoms with Gasteiger partial charge in [0.05, 0.1) is 18.5 Å². The lowest BCUT2D eigenvalue weighted by atomic mass is 10.2. The third-order valence-electron chi connectivity index (χ3n) is 3.31. The van der Waals surface area contributed by atoms with Gasteiger partial charge in [-0.3, -0.25) is 9.48 Å². The van der Waals surface area contributed by atoms with E-state index in [-0.39, 0.29) is 11.9 Å². The molecule has 0 bridgehead atoms. The Morgan fingerprint density at radius 3 is 3.05 bits per heavy atom. The van der Waals surface area contributed by atoms with Crippen LogP contribution in [0.4, 0.5) is 5.69 Å². The number of rotatable bonds is 5. The van der Waals surface area contributed by atoms with Gasteiger partial charge in [-0.2, -0.15) is 16.9 Å². The second-order valence-corrected chi connectivity index (χ2v) is 5.73. The lowest BCUT2D eigenvalue weighted by Crippen LogP contribution is -2.43. The molecule has 19 heavy (non-hydrogen) atoms. The van der Waals surface area contributed by atoms with Gasteiger partial charge in [-0.1, -0.05) is 0 Å². The highest BCUT2D eigenvalue weighted by Gasteiger charge is 2.30. The lowest BCUT2D eigenvalue weighted by Gasteiger charge is -2.28. The van der Waals surface area contributed by atoms with Crippen LogP contribution in [0.5, 0.6) is 0 Å². The molecule has 1 aliphatic rings. The maximum atomic E-state index is 12.7. The van der Waals surface area contributed by atoms with Crippen LogP contribution in [-0.4, -0.2) is 58.4 Å². The van der Waals surface area contributed by atoms with Crippen molar-refractivity contribution >= 4 is 23.4 Å². The number of amides is 1. The fraction of sp³-hybridized carbons (Fsp3) is 0.667. The molecular formula is C12H20N4O2S. The van der Waals surface area contributed by atoms with Gasteiger partial charge >= 0.3 is 0 Å². The van der Waals surface area contributed by atoms with E-state index in [0.29, 0.717) is 24.5 Å². The third-order valence-corrected chi connectivity index (χ3v) is 4.46. The van der Waals surface area contributed by atoms with E-state index >= 15 is 0 Å². The van der Waals surface area contributed by atoms with Crippen molar-refractivity contribution in [1.29, 1.82) is 0 Å². The molecule has 1 aromatic heterocycles. The molecule has 0 radical (unpaired) electrons. The molecule has 2 rings (SSSR count). The van der Waals surface area contributed by atoms with Crippen molar-refractivity contribution in [2.45, 2.75) is 12.5 Å². The van der Waals surface area contributed by atoms with Crippen molar-refractivity contribution in [2.24, 2.45) is 7.05 Å². The van der Waals surface area contributed by atoms with Gasteiger partial charge in [-0.15, -0.1) is 0 Å². The summed E-state index contributed by atoms with van der Waals surface area (Å²) < 4.78 is 6.65. The van der Waals surface area contributed by atoms with Crippen molar-refractivity contribution in [3.63, 3.8) is 0 Å². The van der Waals surface area contributed by atoms with E-state index in [9.17, 15) is 4.79 Å². The van der Waals surface area contributed by atoms with Crippen molar-refractivity contribution in [2.75, 3.05) is 37.5 Å². The van der Waals surface area contributed by atoms with Gasteiger partial charge in [0.25, 0.3) is 5.91 Å². The van der Waals surface area contributed by atoms with E-state index in [1.165, 1.54) is 6.20 Å². The molecule has 0 aliphatic carbocycles. The molecule has 1 fully saturated rings. The Labute approximate surface area is 117 Å². The van der Waals surface area contributed by atoms with Crippen LogP contribution in [0.3, 0.4) is 0 Å². The Kier molecular flexibility index (Phi) is 4.71. The normalized spacial score (nSPS) is 18.7. The first kappa shape index (κ1) is 14.2. The van der Waals surface area contributed by atoms with Gasteiger partial charge in [0.1, 0.15) is 5.69 Å². The van der Waals surface area contributed by atoms with E-state index in [4.69, 9.17) is 10.5 Å². The Morgan fingerprint density at radius 1 is 1.74 bits per heavy atom. The first-order chi connectivity index (χ1) is 9.15. The summed E-state index contributed by atoms with van der Waals surface area (Å²) in [7, 11) is 3.38. The topological polar surface area (TPSA) is 73.4 Å². The smallest absolute Gasteiger partial charge is 0.274 e. The summed E-state index contributed by atoms with van der Waals surface area (Å²) in [5.74, 6) is 2.03. The van der Waals surface area contributed by atoms with Gasteiger partial charge in [0, 0.05) is 32.5 Å². The van der Waals surface area contributed by atoms with E-state index in [1.807, 2.05) is 16.7 Å². The molecule has 2 N–H and O–H groups in total. The molecule has 6 nitrogen and oxygen atoms in total. The van der Waals surface area contributed by atoms with Crippen LogP contribution in [0.2, 0.25) is 0 Å². The first-order valence-corrected chi connectivity index (χ1v) is 7.45. The standard InChI is InChI=1S/C12H20N4O2S/c1-15-11(10(13)7-14-15)12(17)16(4-5-18-2)9-3-6-19-8-9/h7,9H,3-6,8,13H2,1-2H3. The second kappa shape index (κ2) is 6.29. The predicted molar refractivity (Wildman–Crippen MR) is 76.3 cm³/mol. The minimum atomic E-state index is -0.0537. The Hall–Kier alpha value is -1.21. The Bertz CT molecular complexity index is 423. The summed E-state index contributed by atoms with van der Waals surface area (Å²) >= 11 is 1.88. The lowest BCUT2D eigenvalue weighted by molar-refractivity contribution is 0.0615. The maximum absolute atomic E-state index is 12.7. The second-order valence-electron chi connectivity index (χ2n) is 4.58. The molecule has 1 aliphatic heterocycles. The number of hydrogen-bond acceptors (Lipinski definition) is 5. The van der Waals surface area contributed by atoms with Gasteiger partial charge < -0.3 is 15.4 Å². The van der Waals surface area contributed by atoms with Crippen molar-refractivity contribution < 1.29 is 9.53 Å². The van der Waals surface area contributed by atoms with Crippen molar-refractivity contribution in [3.05, 3.63) is 11.9 Å². The summed E-state index contributed by atoms with van der Waals surface area (Å²) in [5, 5.41) is 4.03. The quantitative estimate of drug-likeness (QED) is 0.857. The molecule has 1 amide bonds. The monoisotopic (exact) mass is 284 g/mol. The van der Waals surface area contributed by atoms with Crippen LogP contribution < -0.4 is 5.73 Å². The molecule has 0 spiro atoms. The van der Waals surface area contributed by atoms with Crippen LogP contribution in [0, 0.1) is 0 Å². The Balaban J connectivity index is 2.19. The van der Waals surface area contributed by atoms with Gasteiger partial charge in [-0.05, 0) is 12.2 Å². The van der Waals surface area contributed by atoms with Gasteiger partial charge in [-0.25, -0.2) is 0 Å². The number of nitrogens with two attached hydrogens (primary N) is 1. The average Bonchev–Trinajstić information content (AvgIpc) is 3.00. The fourth-order valence-electron chi connectivity index (χ4n) is 2.26. The zero-order valence-electron chi connectivity index (χ0n) is 11.3. The number of carbonyl (C=O) groups is 1. The molecule has 1 aromatic rings. The molecule has 7 heteroatoms. The largest absolute Gasteiger partial charge is 0.396 e. The van der Waals surface area contributed by atoms with Crippen LogP contribution >= 0.6 is 11.8 Å². The number of thioether (sulfide) groups is 1. The summed E-state index contributed by atoms with van der Waals surface area (Å²) in [4.78, 5) is 14.5. The summed E-state index contributed by atoms with van der Waals surface area (Å²) in [5.41, 5.74) is 6.74. The third kappa shape index (κ3) is 3.03. The molecule has 106 valence electrons. The van der Waals surface area contributed by atoms with Crippen LogP contribution in [-0.2, 0) is 11.8 Å². The number of aryl methyl sites for hydroxylation is 1. The molecule has 0 aromatic carbocycles. The number of carbonyl (C=O) groups excluding carboxylic acids is 1. The SMILES string of the molecule is COCCN(C(=O)c1c(N)cnn1C)C1CCSC1. The van der Waals surface area contributed by atoms with E-state index in [1.54, 1.807) is 18.8 Å². The molecule has 1 atom stereocenters. The number of anilines is 1. The Morgan fingerprint density at radius 2 is 2.53 bits per heavy atom. The number of methoxy groups -OCH3 is 1. The van der Waals surface area contributed by atoms with E-state index in [2.05, 4.69) is 5.10 Å². The van der Waals surface area contributed by atoms with E-state index in [0.717, 1.165) is 17.9 Å². The molecule has 2 heterocycles. The molecule has 1 saturated heterocycles. The molecule has 1 unspecified atom stereocenters. The molecule has 0 saturated carbocycles. The highest BCUT2D eigenvalue weighted by Crippen LogP contribution is 2.24. The van der Waals surface area contributed by atoms with Crippen molar-refractivity contribution in [3.8, 4) is 0 Å². The van der Waals surface area contributed by atoms with Crippen LogP contribution in [0.1, 0.15) is 16.9 Å². The number of ether oxygens (including phenoxy) is 1. The number of nitrogens with zero attached hydrogens (tertiary/aromatic N) is 3. The first-order valence-electron chi connectivity index (χ1n) is 6.30. The fourth-order valence-corrected chi connectivity index (χ4v) is 3.48. The van der Waals surface area contributed by atoms with E-state index < -0.39 is 0 Å². The maximum Gasteiger partial charge on any atom is 0.274 e. The summed E-state index contributed by atoms with van der Waals surface area (Å²) in [6, 6.07) is 0.266. The van der Waals surface area contributed by atoms with Crippen LogP contribution in [0.15, 0.2) is 6.20 Å². The minimum absolute atomic E-state index is 0.0537. The number of hydrogen-bond donors (Lipinski definition) is 1. The predicted octanol–water partition coefficient (Wildman–Crippen LogP) is 0.596. The number of nitrogen functional groups attached to an aromatic ring is 1. The van der Waals surface area contributed by atoms with Crippen LogP contribution in [0.25, 0.3) is 0 Å². The van der Waals surface area contributed by atoms with Gasteiger partial charge in [0.2, 0.25) is 0 Å². The van der Waals surface area contributed by atoms with Crippen molar-refractivity contribution in [1.82, 2.24) is 14.7 Å². The summed E-state index contributed by atoms with van der Waals surface area (Å²) in [6.07, 6.45) is 2.54. The zero-order chi connectivity index (χ0) is 13.8.